The van der Waals surface area contributed by atoms with E-state index < -0.39 is 0 Å². The fourth-order valence-corrected chi connectivity index (χ4v) is 2.63. The van der Waals surface area contributed by atoms with Crippen LogP contribution in [0.1, 0.15) is 51.5 Å². The highest BCUT2D eigenvalue weighted by Crippen LogP contribution is 2.29. The van der Waals surface area contributed by atoms with Crippen LogP contribution < -0.4 is 10.5 Å². The summed E-state index contributed by atoms with van der Waals surface area (Å²) in [5.74, 6) is 0.790. The van der Waals surface area contributed by atoms with Gasteiger partial charge in [0.15, 0.2) is 0 Å². The lowest BCUT2D eigenvalue weighted by Gasteiger charge is -2.11. The van der Waals surface area contributed by atoms with E-state index in [1.54, 1.807) is 0 Å². The van der Waals surface area contributed by atoms with E-state index in [9.17, 15) is 0 Å². The molecular weight excluding hydrogens is 282 g/mol. The van der Waals surface area contributed by atoms with Gasteiger partial charge in [-0.15, -0.1) is 0 Å². The van der Waals surface area contributed by atoms with Crippen LogP contribution in [-0.4, -0.2) is 6.61 Å². The van der Waals surface area contributed by atoms with Crippen LogP contribution in [0, 0.1) is 0 Å². The Balaban J connectivity index is 2.02. The maximum Gasteiger partial charge on any atom is 0.142 e. The molecule has 124 valence electrons. The number of rotatable bonds is 9. The number of anilines is 1. The monoisotopic (exact) mass is 311 g/mol. The Kier molecular flexibility index (Phi) is 6.99. The topological polar surface area (TPSA) is 35.2 Å². The number of nitrogen functional groups attached to an aromatic ring is 1. The van der Waals surface area contributed by atoms with E-state index in [0.29, 0.717) is 5.69 Å². The number of unbranched alkanes of at least 4 members (excludes halogenated alkanes) is 3. The molecule has 23 heavy (non-hydrogen) atoms. The Morgan fingerprint density at radius 1 is 0.826 bits per heavy atom. The summed E-state index contributed by atoms with van der Waals surface area (Å²) in [4.78, 5) is 0. The van der Waals surface area contributed by atoms with Crippen LogP contribution in [0.5, 0.6) is 5.75 Å². The van der Waals surface area contributed by atoms with Crippen LogP contribution in [0.15, 0.2) is 42.5 Å². The number of ether oxygens (including phenoxy) is 1. The lowest BCUT2D eigenvalue weighted by molar-refractivity contribution is 0.311. The minimum atomic E-state index is 0.714. The van der Waals surface area contributed by atoms with Gasteiger partial charge in [-0.1, -0.05) is 63.4 Å². The summed E-state index contributed by atoms with van der Waals surface area (Å²) in [6, 6.07) is 14.9. The van der Waals surface area contributed by atoms with Crippen LogP contribution in [0.4, 0.5) is 5.69 Å². The average molecular weight is 311 g/mol. The number of hydrogen-bond donors (Lipinski definition) is 1. The molecule has 0 atom stereocenters. The average Bonchev–Trinajstić information content (AvgIpc) is 2.57. The molecule has 0 saturated carbocycles. The van der Waals surface area contributed by atoms with Crippen LogP contribution in [-0.2, 0) is 6.42 Å². The van der Waals surface area contributed by atoms with E-state index in [4.69, 9.17) is 10.5 Å². The fourth-order valence-electron chi connectivity index (χ4n) is 2.63. The van der Waals surface area contributed by atoms with Gasteiger partial charge in [0.1, 0.15) is 5.75 Å². The first-order chi connectivity index (χ1) is 11.2. The fraction of sp³-hybridized carbons (Fsp3) is 0.429. The summed E-state index contributed by atoms with van der Waals surface area (Å²) in [5.41, 5.74) is 10.6. The quantitative estimate of drug-likeness (QED) is 0.466. The summed E-state index contributed by atoms with van der Waals surface area (Å²) in [7, 11) is 0. The molecule has 0 amide bonds. The third-order valence-electron chi connectivity index (χ3n) is 4.12. The first-order valence-electron chi connectivity index (χ1n) is 8.86. The van der Waals surface area contributed by atoms with Crippen LogP contribution in [0.3, 0.4) is 0 Å². The van der Waals surface area contributed by atoms with Crippen molar-refractivity contribution in [2.24, 2.45) is 0 Å². The molecule has 0 saturated heterocycles. The second-order valence-corrected chi connectivity index (χ2v) is 6.11. The summed E-state index contributed by atoms with van der Waals surface area (Å²) in [5, 5.41) is 0. The molecule has 2 rings (SSSR count). The predicted molar refractivity (Wildman–Crippen MR) is 99.9 cm³/mol. The molecule has 2 heteroatoms. The molecule has 2 N–H and O–H groups in total. The Bertz CT molecular complexity index is 589. The zero-order valence-electron chi connectivity index (χ0n) is 14.5. The van der Waals surface area contributed by atoms with Crippen molar-refractivity contribution in [2.45, 2.75) is 52.4 Å². The van der Waals surface area contributed by atoms with Crippen LogP contribution >= 0.6 is 0 Å². The zero-order valence-corrected chi connectivity index (χ0v) is 14.5. The molecule has 0 unspecified atom stereocenters. The summed E-state index contributed by atoms with van der Waals surface area (Å²) in [6.07, 6.45) is 7.19. The second kappa shape index (κ2) is 9.24. The maximum absolute atomic E-state index is 6.13. The van der Waals surface area contributed by atoms with Crippen molar-refractivity contribution in [3.8, 4) is 16.9 Å². The first kappa shape index (κ1) is 17.4. The third kappa shape index (κ3) is 5.31. The Hall–Kier alpha value is -1.96. The van der Waals surface area contributed by atoms with Gasteiger partial charge in [0.25, 0.3) is 0 Å². The zero-order chi connectivity index (χ0) is 16.5. The number of hydrogen-bond acceptors (Lipinski definition) is 2. The Morgan fingerprint density at radius 2 is 1.52 bits per heavy atom. The molecule has 0 aliphatic rings. The van der Waals surface area contributed by atoms with Gasteiger partial charge >= 0.3 is 0 Å². The lowest BCUT2D eigenvalue weighted by Crippen LogP contribution is -2.00. The van der Waals surface area contributed by atoms with E-state index in [1.807, 2.05) is 12.1 Å². The van der Waals surface area contributed by atoms with Gasteiger partial charge in [-0.3, -0.25) is 0 Å². The van der Waals surface area contributed by atoms with Crippen molar-refractivity contribution in [3.05, 3.63) is 48.0 Å². The molecule has 0 bridgehead atoms. The van der Waals surface area contributed by atoms with Crippen molar-refractivity contribution in [1.29, 1.82) is 0 Å². The molecule has 0 radical (unpaired) electrons. The van der Waals surface area contributed by atoms with Gasteiger partial charge in [-0.25, -0.2) is 0 Å². The molecule has 2 aromatic carbocycles. The molecular formula is C21H29NO. The van der Waals surface area contributed by atoms with E-state index >= 15 is 0 Å². The van der Waals surface area contributed by atoms with Crippen molar-refractivity contribution >= 4 is 5.69 Å². The molecule has 2 nitrogen and oxygen atoms in total. The van der Waals surface area contributed by atoms with Gasteiger partial charge in [0.2, 0.25) is 0 Å². The SMILES string of the molecule is CCCCCc1ccc(-c2ccc(OCCCC)c(N)c2)cc1. The minimum absolute atomic E-state index is 0.714. The van der Waals surface area contributed by atoms with Gasteiger partial charge in [-0.05, 0) is 48.1 Å². The van der Waals surface area contributed by atoms with E-state index in [0.717, 1.165) is 30.8 Å². The van der Waals surface area contributed by atoms with Crippen molar-refractivity contribution in [1.82, 2.24) is 0 Å². The van der Waals surface area contributed by atoms with Gasteiger partial charge in [0, 0.05) is 0 Å². The number of benzene rings is 2. The minimum Gasteiger partial charge on any atom is -0.491 e. The van der Waals surface area contributed by atoms with Gasteiger partial charge in [0.05, 0.1) is 12.3 Å². The normalized spacial score (nSPS) is 10.7. The van der Waals surface area contributed by atoms with Gasteiger partial charge < -0.3 is 10.5 Å². The van der Waals surface area contributed by atoms with Crippen molar-refractivity contribution in [3.63, 3.8) is 0 Å². The summed E-state index contributed by atoms with van der Waals surface area (Å²) < 4.78 is 5.72. The van der Waals surface area contributed by atoms with Crippen molar-refractivity contribution in [2.75, 3.05) is 12.3 Å². The Labute approximate surface area is 140 Å². The largest absolute Gasteiger partial charge is 0.491 e. The molecule has 0 aliphatic carbocycles. The molecule has 0 spiro atoms. The molecule has 0 fully saturated rings. The highest BCUT2D eigenvalue weighted by molar-refractivity contribution is 5.70. The smallest absolute Gasteiger partial charge is 0.142 e. The van der Waals surface area contributed by atoms with Crippen molar-refractivity contribution < 1.29 is 4.74 Å². The number of aryl methyl sites for hydroxylation is 1. The van der Waals surface area contributed by atoms with E-state index in [1.165, 1.54) is 36.8 Å². The third-order valence-corrected chi connectivity index (χ3v) is 4.12. The van der Waals surface area contributed by atoms with Crippen LogP contribution in [0.25, 0.3) is 11.1 Å². The van der Waals surface area contributed by atoms with E-state index in [2.05, 4.69) is 44.2 Å². The second-order valence-electron chi connectivity index (χ2n) is 6.11. The van der Waals surface area contributed by atoms with E-state index in [-0.39, 0.29) is 0 Å². The highest BCUT2D eigenvalue weighted by Gasteiger charge is 2.04. The number of nitrogens with two attached hydrogens (primary N) is 1. The molecule has 0 heterocycles. The molecule has 2 aromatic rings. The molecule has 0 aromatic heterocycles. The summed E-state index contributed by atoms with van der Waals surface area (Å²) >= 11 is 0. The Morgan fingerprint density at radius 3 is 2.17 bits per heavy atom. The standard InChI is InChI=1S/C21H29NO/c1-3-5-7-8-17-9-11-18(12-10-17)19-13-14-21(20(22)16-19)23-15-6-4-2/h9-14,16H,3-8,15,22H2,1-2H3. The lowest BCUT2D eigenvalue weighted by atomic mass is 10.0. The predicted octanol–water partition coefficient (Wildman–Crippen LogP) is 5.85. The van der Waals surface area contributed by atoms with Crippen LogP contribution in [0.2, 0.25) is 0 Å². The van der Waals surface area contributed by atoms with Gasteiger partial charge in [-0.2, -0.15) is 0 Å². The maximum atomic E-state index is 6.13. The highest BCUT2D eigenvalue weighted by atomic mass is 16.5. The molecule has 0 aliphatic heterocycles. The summed E-state index contributed by atoms with van der Waals surface area (Å²) in [6.45, 7) is 5.12. The first-order valence-corrected chi connectivity index (χ1v) is 8.86.